The SMILES string of the molecule is O=C(O)c1cc([N+](=O)[O-])cnc1NC1CCS(=O)(=O)CC1. The smallest absolute Gasteiger partial charge is 0.339 e. The summed E-state index contributed by atoms with van der Waals surface area (Å²) in [5, 5.41) is 22.6. The quantitative estimate of drug-likeness (QED) is 0.610. The van der Waals surface area contributed by atoms with Crippen LogP contribution in [-0.4, -0.2) is 46.9 Å². The van der Waals surface area contributed by atoms with E-state index in [0.717, 1.165) is 12.3 Å². The average molecular weight is 315 g/mol. The Morgan fingerprint density at radius 1 is 1.43 bits per heavy atom. The summed E-state index contributed by atoms with van der Waals surface area (Å²) >= 11 is 0. The summed E-state index contributed by atoms with van der Waals surface area (Å²) in [6.07, 6.45) is 1.66. The predicted molar refractivity (Wildman–Crippen MR) is 73.1 cm³/mol. The van der Waals surface area contributed by atoms with Crippen molar-refractivity contribution in [3.05, 3.63) is 27.9 Å². The van der Waals surface area contributed by atoms with E-state index < -0.39 is 26.4 Å². The number of carbonyl (C=O) groups is 1. The van der Waals surface area contributed by atoms with E-state index in [4.69, 9.17) is 5.11 Å². The lowest BCUT2D eigenvalue weighted by Crippen LogP contribution is -2.32. The maximum Gasteiger partial charge on any atom is 0.339 e. The highest BCUT2D eigenvalue weighted by Gasteiger charge is 2.25. The minimum absolute atomic E-state index is 0.0115. The van der Waals surface area contributed by atoms with Crippen LogP contribution in [0.5, 0.6) is 0 Å². The van der Waals surface area contributed by atoms with Crippen LogP contribution in [0.2, 0.25) is 0 Å². The number of nitrogens with zero attached hydrogens (tertiary/aromatic N) is 2. The van der Waals surface area contributed by atoms with Gasteiger partial charge in [0.1, 0.15) is 27.4 Å². The van der Waals surface area contributed by atoms with E-state index in [1.54, 1.807) is 0 Å². The number of nitro groups is 1. The van der Waals surface area contributed by atoms with Crippen LogP contribution in [0.4, 0.5) is 11.5 Å². The zero-order chi connectivity index (χ0) is 15.6. The first-order valence-corrected chi connectivity index (χ1v) is 7.95. The normalized spacial score (nSPS) is 18.1. The van der Waals surface area contributed by atoms with Gasteiger partial charge in [-0.3, -0.25) is 10.1 Å². The first-order chi connectivity index (χ1) is 9.78. The topological polar surface area (TPSA) is 140 Å². The minimum atomic E-state index is -3.02. The molecule has 0 aliphatic carbocycles. The Hall–Kier alpha value is -2.23. The third-order valence-corrected chi connectivity index (χ3v) is 4.93. The molecule has 1 fully saturated rings. The van der Waals surface area contributed by atoms with Crippen molar-refractivity contribution in [3.63, 3.8) is 0 Å². The maximum atomic E-state index is 11.3. The van der Waals surface area contributed by atoms with Gasteiger partial charge in [0.2, 0.25) is 0 Å². The number of anilines is 1. The fraction of sp³-hybridized carbons (Fsp3) is 0.455. The second-order valence-electron chi connectivity index (χ2n) is 4.72. The Kier molecular flexibility index (Phi) is 4.07. The Morgan fingerprint density at radius 2 is 2.05 bits per heavy atom. The third-order valence-electron chi connectivity index (χ3n) is 3.21. The number of carboxylic acid groups (broad SMARTS) is 1. The van der Waals surface area contributed by atoms with E-state index >= 15 is 0 Å². The minimum Gasteiger partial charge on any atom is -0.478 e. The van der Waals surface area contributed by atoms with Crippen molar-refractivity contribution in [2.75, 3.05) is 16.8 Å². The van der Waals surface area contributed by atoms with Crippen molar-refractivity contribution in [3.8, 4) is 0 Å². The van der Waals surface area contributed by atoms with E-state index in [9.17, 15) is 23.3 Å². The molecular weight excluding hydrogens is 302 g/mol. The van der Waals surface area contributed by atoms with Gasteiger partial charge in [-0.25, -0.2) is 18.2 Å². The molecule has 1 saturated heterocycles. The van der Waals surface area contributed by atoms with E-state index in [1.165, 1.54) is 0 Å². The molecule has 114 valence electrons. The van der Waals surface area contributed by atoms with Crippen LogP contribution in [0.1, 0.15) is 23.2 Å². The second kappa shape index (κ2) is 5.64. The fourth-order valence-corrected chi connectivity index (χ4v) is 3.55. The lowest BCUT2D eigenvalue weighted by atomic mass is 10.1. The van der Waals surface area contributed by atoms with Crippen molar-refractivity contribution in [1.29, 1.82) is 0 Å². The molecule has 0 amide bonds. The van der Waals surface area contributed by atoms with E-state index in [2.05, 4.69) is 10.3 Å². The van der Waals surface area contributed by atoms with Gasteiger partial charge in [-0.05, 0) is 12.8 Å². The van der Waals surface area contributed by atoms with E-state index in [0.29, 0.717) is 12.8 Å². The number of pyridine rings is 1. The summed E-state index contributed by atoms with van der Waals surface area (Å²) < 4.78 is 22.7. The molecule has 1 aliphatic rings. The fourth-order valence-electron chi connectivity index (χ4n) is 2.06. The molecule has 9 nitrogen and oxygen atoms in total. The molecule has 1 aliphatic heterocycles. The highest BCUT2D eigenvalue weighted by molar-refractivity contribution is 7.91. The molecule has 2 N–H and O–H groups in total. The molecule has 1 aromatic rings. The zero-order valence-electron chi connectivity index (χ0n) is 10.9. The third kappa shape index (κ3) is 3.66. The number of hydrogen-bond acceptors (Lipinski definition) is 7. The van der Waals surface area contributed by atoms with Gasteiger partial charge >= 0.3 is 5.97 Å². The lowest BCUT2D eigenvalue weighted by molar-refractivity contribution is -0.385. The Balaban J connectivity index is 2.20. The molecule has 0 aromatic carbocycles. The molecule has 0 spiro atoms. The molecule has 0 unspecified atom stereocenters. The van der Waals surface area contributed by atoms with Gasteiger partial charge in [-0.15, -0.1) is 0 Å². The van der Waals surface area contributed by atoms with Crippen LogP contribution < -0.4 is 5.32 Å². The number of sulfone groups is 1. The molecule has 10 heteroatoms. The van der Waals surface area contributed by atoms with Crippen molar-refractivity contribution in [1.82, 2.24) is 4.98 Å². The summed E-state index contributed by atoms with van der Waals surface area (Å²) in [7, 11) is -3.02. The first kappa shape index (κ1) is 15.2. The molecule has 2 heterocycles. The molecule has 0 radical (unpaired) electrons. The first-order valence-electron chi connectivity index (χ1n) is 6.13. The number of hydrogen-bond donors (Lipinski definition) is 2. The number of aromatic carboxylic acids is 1. The van der Waals surface area contributed by atoms with Crippen LogP contribution >= 0.6 is 0 Å². The number of nitrogens with one attached hydrogen (secondary N) is 1. The van der Waals surface area contributed by atoms with Gasteiger partial charge in [0, 0.05) is 12.1 Å². The van der Waals surface area contributed by atoms with Gasteiger partial charge in [-0.2, -0.15) is 0 Å². The Bertz CT molecular complexity index is 673. The summed E-state index contributed by atoms with van der Waals surface area (Å²) in [5.74, 6) is -1.27. The molecule has 1 aromatic heterocycles. The zero-order valence-corrected chi connectivity index (χ0v) is 11.7. The molecular formula is C11H13N3O6S. The van der Waals surface area contributed by atoms with Crippen LogP contribution in [-0.2, 0) is 9.84 Å². The van der Waals surface area contributed by atoms with Crippen LogP contribution in [0.25, 0.3) is 0 Å². The molecule has 0 saturated carbocycles. The summed E-state index contributed by atoms with van der Waals surface area (Å²) in [4.78, 5) is 24.8. The second-order valence-corrected chi connectivity index (χ2v) is 7.03. The largest absolute Gasteiger partial charge is 0.478 e. The van der Waals surface area contributed by atoms with Gasteiger partial charge in [0.15, 0.2) is 0 Å². The molecule has 0 atom stereocenters. The predicted octanol–water partition coefficient (Wildman–Crippen LogP) is 0.677. The summed E-state index contributed by atoms with van der Waals surface area (Å²) in [6.45, 7) is 0. The van der Waals surface area contributed by atoms with Gasteiger partial charge in [0.05, 0.1) is 16.4 Å². The lowest BCUT2D eigenvalue weighted by Gasteiger charge is -2.24. The summed E-state index contributed by atoms with van der Waals surface area (Å²) in [5.41, 5.74) is -0.721. The number of aromatic nitrogens is 1. The highest BCUT2D eigenvalue weighted by atomic mass is 32.2. The average Bonchev–Trinajstić information content (AvgIpc) is 2.41. The van der Waals surface area contributed by atoms with Gasteiger partial charge in [0.25, 0.3) is 5.69 Å². The summed E-state index contributed by atoms with van der Waals surface area (Å²) in [6, 6.07) is 0.706. The van der Waals surface area contributed by atoms with Gasteiger partial charge < -0.3 is 10.4 Å². The van der Waals surface area contributed by atoms with E-state index in [1.807, 2.05) is 0 Å². The maximum absolute atomic E-state index is 11.3. The number of carboxylic acids is 1. The Labute approximate surface area is 120 Å². The van der Waals surface area contributed by atoms with Crippen LogP contribution in [0.15, 0.2) is 12.3 Å². The highest BCUT2D eigenvalue weighted by Crippen LogP contribution is 2.22. The number of rotatable bonds is 4. The van der Waals surface area contributed by atoms with Crippen LogP contribution in [0, 0.1) is 10.1 Å². The van der Waals surface area contributed by atoms with Crippen molar-refractivity contribution >= 4 is 27.3 Å². The van der Waals surface area contributed by atoms with Crippen molar-refractivity contribution < 1.29 is 23.2 Å². The van der Waals surface area contributed by atoms with E-state index in [-0.39, 0.29) is 28.9 Å². The molecule has 2 rings (SSSR count). The molecule has 21 heavy (non-hydrogen) atoms. The van der Waals surface area contributed by atoms with Crippen LogP contribution in [0.3, 0.4) is 0 Å². The van der Waals surface area contributed by atoms with Gasteiger partial charge in [-0.1, -0.05) is 0 Å². The Morgan fingerprint density at radius 3 is 2.57 bits per heavy atom. The van der Waals surface area contributed by atoms with Crippen molar-refractivity contribution in [2.45, 2.75) is 18.9 Å². The molecule has 0 bridgehead atoms. The van der Waals surface area contributed by atoms with Crippen molar-refractivity contribution in [2.24, 2.45) is 0 Å². The standard InChI is InChI=1S/C11H13N3O6S/c15-11(16)9-5-8(14(17)18)6-12-10(9)13-7-1-3-21(19,20)4-2-7/h5-7H,1-4H2,(H,12,13)(H,15,16). The monoisotopic (exact) mass is 315 g/mol.